The van der Waals surface area contributed by atoms with E-state index in [-0.39, 0.29) is 17.9 Å². The molecule has 92 valence electrons. The lowest BCUT2D eigenvalue weighted by atomic mass is 10.0. The first kappa shape index (κ1) is 12.3. The van der Waals surface area contributed by atoms with Crippen LogP contribution in [0.3, 0.4) is 0 Å². The Kier molecular flexibility index (Phi) is 3.64. The first-order valence-corrected chi connectivity index (χ1v) is 6.01. The van der Waals surface area contributed by atoms with E-state index in [1.54, 1.807) is 6.20 Å². The van der Waals surface area contributed by atoms with Crippen molar-refractivity contribution >= 4 is 23.2 Å². The third-order valence-electron chi connectivity index (χ3n) is 3.07. The van der Waals surface area contributed by atoms with Gasteiger partial charge in [-0.05, 0) is 31.9 Å². The van der Waals surface area contributed by atoms with Crippen molar-refractivity contribution in [2.45, 2.75) is 26.4 Å². The van der Waals surface area contributed by atoms with Crippen molar-refractivity contribution < 1.29 is 9.53 Å². The standard InChI is InChI=1S/C12H15ClN2O2/c1-7-3-5-14-11(13)10(7)15-12(16)9-4-6-17-8(9)2/h3,5,8-9H,4,6H2,1-2H3,(H,15,16). The summed E-state index contributed by atoms with van der Waals surface area (Å²) in [5, 5.41) is 3.16. The Hall–Kier alpha value is -1.13. The quantitative estimate of drug-likeness (QED) is 0.825. The topological polar surface area (TPSA) is 51.2 Å². The number of nitrogens with zero attached hydrogens (tertiary/aromatic N) is 1. The summed E-state index contributed by atoms with van der Waals surface area (Å²) in [5.74, 6) is -0.154. The van der Waals surface area contributed by atoms with Crippen LogP contribution in [0.15, 0.2) is 12.3 Å². The zero-order chi connectivity index (χ0) is 12.4. The Bertz CT molecular complexity index is 416. The molecule has 1 amide bonds. The molecule has 1 aliphatic rings. The Morgan fingerprint density at radius 3 is 3.00 bits per heavy atom. The SMILES string of the molecule is Cc1ccnc(Cl)c1NC(=O)C1CCOC1C. The fraction of sp³-hybridized carbons (Fsp3) is 0.500. The van der Waals surface area contributed by atoms with Crippen molar-refractivity contribution in [2.24, 2.45) is 5.92 Å². The van der Waals surface area contributed by atoms with E-state index >= 15 is 0 Å². The molecule has 1 aromatic rings. The van der Waals surface area contributed by atoms with Gasteiger partial charge in [-0.15, -0.1) is 0 Å². The summed E-state index contributed by atoms with van der Waals surface area (Å²) in [4.78, 5) is 16.0. The number of hydrogen-bond donors (Lipinski definition) is 1. The van der Waals surface area contributed by atoms with Gasteiger partial charge in [-0.1, -0.05) is 11.6 Å². The van der Waals surface area contributed by atoms with Crippen molar-refractivity contribution in [2.75, 3.05) is 11.9 Å². The molecular weight excluding hydrogens is 240 g/mol. The molecule has 2 atom stereocenters. The molecule has 2 rings (SSSR count). The van der Waals surface area contributed by atoms with Gasteiger partial charge in [0.15, 0.2) is 5.15 Å². The first-order valence-electron chi connectivity index (χ1n) is 5.63. The number of hydrogen-bond acceptors (Lipinski definition) is 3. The average molecular weight is 255 g/mol. The van der Waals surface area contributed by atoms with Crippen molar-refractivity contribution in [3.05, 3.63) is 23.0 Å². The molecule has 0 radical (unpaired) electrons. The van der Waals surface area contributed by atoms with Crippen LogP contribution < -0.4 is 5.32 Å². The number of anilines is 1. The Balaban J connectivity index is 2.13. The summed E-state index contributed by atoms with van der Waals surface area (Å²) in [5.41, 5.74) is 1.50. The normalized spacial score (nSPS) is 23.7. The van der Waals surface area contributed by atoms with Gasteiger partial charge in [-0.3, -0.25) is 4.79 Å². The van der Waals surface area contributed by atoms with E-state index < -0.39 is 0 Å². The summed E-state index contributed by atoms with van der Waals surface area (Å²) < 4.78 is 5.38. The lowest BCUT2D eigenvalue weighted by Crippen LogP contribution is -2.28. The predicted octanol–water partition coefficient (Wildman–Crippen LogP) is 2.41. The molecule has 4 nitrogen and oxygen atoms in total. The second-order valence-corrected chi connectivity index (χ2v) is 4.61. The van der Waals surface area contributed by atoms with Crippen LogP contribution in [0.2, 0.25) is 5.15 Å². The Labute approximate surface area is 105 Å². The average Bonchev–Trinajstić information content (AvgIpc) is 2.70. The maximum Gasteiger partial charge on any atom is 0.230 e. The molecule has 0 aromatic carbocycles. The zero-order valence-electron chi connectivity index (χ0n) is 9.87. The number of amides is 1. The summed E-state index contributed by atoms with van der Waals surface area (Å²) in [6.45, 7) is 4.44. The molecule has 2 heterocycles. The van der Waals surface area contributed by atoms with Gasteiger partial charge in [0, 0.05) is 12.8 Å². The highest BCUT2D eigenvalue weighted by Crippen LogP contribution is 2.26. The van der Waals surface area contributed by atoms with Gasteiger partial charge in [0.1, 0.15) is 0 Å². The number of aromatic nitrogens is 1. The first-order chi connectivity index (χ1) is 8.09. The van der Waals surface area contributed by atoms with Crippen LogP contribution in [0.25, 0.3) is 0 Å². The van der Waals surface area contributed by atoms with E-state index in [1.165, 1.54) is 0 Å². The maximum absolute atomic E-state index is 12.1. The number of halogens is 1. The number of ether oxygens (including phenoxy) is 1. The van der Waals surface area contributed by atoms with E-state index in [9.17, 15) is 4.79 Å². The number of aryl methyl sites for hydroxylation is 1. The van der Waals surface area contributed by atoms with Crippen molar-refractivity contribution in [3.8, 4) is 0 Å². The van der Waals surface area contributed by atoms with Crippen molar-refractivity contribution in [3.63, 3.8) is 0 Å². The molecule has 1 aliphatic heterocycles. The summed E-state index contributed by atoms with van der Waals surface area (Å²) in [6, 6.07) is 1.82. The zero-order valence-corrected chi connectivity index (χ0v) is 10.6. The molecule has 1 aromatic heterocycles. The van der Waals surface area contributed by atoms with E-state index in [4.69, 9.17) is 16.3 Å². The van der Waals surface area contributed by atoms with Crippen LogP contribution in [0, 0.1) is 12.8 Å². The highest BCUT2D eigenvalue weighted by Gasteiger charge is 2.31. The Morgan fingerprint density at radius 2 is 2.41 bits per heavy atom. The molecule has 1 saturated heterocycles. The molecule has 1 N–H and O–H groups in total. The molecule has 1 fully saturated rings. The van der Waals surface area contributed by atoms with Crippen molar-refractivity contribution in [1.82, 2.24) is 4.98 Å². The number of nitrogens with one attached hydrogen (secondary N) is 1. The number of carbonyl (C=O) groups is 1. The van der Waals surface area contributed by atoms with Crippen LogP contribution in [-0.4, -0.2) is 23.6 Å². The van der Waals surface area contributed by atoms with Gasteiger partial charge >= 0.3 is 0 Å². The fourth-order valence-electron chi connectivity index (χ4n) is 1.97. The molecule has 0 saturated carbocycles. The number of carbonyl (C=O) groups excluding carboxylic acids is 1. The Morgan fingerprint density at radius 1 is 1.65 bits per heavy atom. The third kappa shape index (κ3) is 2.58. The second kappa shape index (κ2) is 5.02. The minimum atomic E-state index is -0.106. The van der Waals surface area contributed by atoms with Crippen LogP contribution >= 0.6 is 11.6 Å². The van der Waals surface area contributed by atoms with Crippen LogP contribution in [0.1, 0.15) is 18.9 Å². The van der Waals surface area contributed by atoms with E-state index in [1.807, 2.05) is 19.9 Å². The van der Waals surface area contributed by atoms with Gasteiger partial charge in [-0.2, -0.15) is 0 Å². The van der Waals surface area contributed by atoms with Crippen molar-refractivity contribution in [1.29, 1.82) is 0 Å². The van der Waals surface area contributed by atoms with Gasteiger partial charge in [0.2, 0.25) is 5.91 Å². The molecule has 17 heavy (non-hydrogen) atoms. The molecule has 0 bridgehead atoms. The van der Waals surface area contributed by atoms with Crippen LogP contribution in [0.4, 0.5) is 5.69 Å². The lowest BCUT2D eigenvalue weighted by Gasteiger charge is -2.15. The van der Waals surface area contributed by atoms with Gasteiger partial charge < -0.3 is 10.1 Å². The summed E-state index contributed by atoms with van der Waals surface area (Å²) >= 11 is 5.96. The van der Waals surface area contributed by atoms with E-state index in [2.05, 4.69) is 10.3 Å². The van der Waals surface area contributed by atoms with E-state index in [0.29, 0.717) is 17.4 Å². The summed E-state index contributed by atoms with van der Waals surface area (Å²) in [6.07, 6.45) is 2.34. The molecule has 0 spiro atoms. The molecule has 5 heteroatoms. The highest BCUT2D eigenvalue weighted by atomic mass is 35.5. The molecular formula is C12H15ClN2O2. The van der Waals surface area contributed by atoms with Gasteiger partial charge in [0.05, 0.1) is 17.7 Å². The van der Waals surface area contributed by atoms with E-state index in [0.717, 1.165) is 12.0 Å². The largest absolute Gasteiger partial charge is 0.378 e. The molecule has 0 aliphatic carbocycles. The lowest BCUT2D eigenvalue weighted by molar-refractivity contribution is -0.121. The smallest absolute Gasteiger partial charge is 0.230 e. The predicted molar refractivity (Wildman–Crippen MR) is 66.1 cm³/mol. The number of rotatable bonds is 2. The summed E-state index contributed by atoms with van der Waals surface area (Å²) in [7, 11) is 0. The minimum Gasteiger partial charge on any atom is -0.378 e. The van der Waals surface area contributed by atoms with Crippen LogP contribution in [-0.2, 0) is 9.53 Å². The molecule has 2 unspecified atom stereocenters. The third-order valence-corrected chi connectivity index (χ3v) is 3.36. The maximum atomic E-state index is 12.1. The fourth-order valence-corrected chi connectivity index (χ4v) is 2.22. The van der Waals surface area contributed by atoms with Gasteiger partial charge in [-0.25, -0.2) is 4.98 Å². The highest BCUT2D eigenvalue weighted by molar-refractivity contribution is 6.32. The monoisotopic (exact) mass is 254 g/mol. The number of pyridine rings is 1. The second-order valence-electron chi connectivity index (χ2n) is 4.25. The van der Waals surface area contributed by atoms with Gasteiger partial charge in [0.25, 0.3) is 0 Å². The minimum absolute atomic E-state index is 0.0363. The van der Waals surface area contributed by atoms with Crippen LogP contribution in [0.5, 0.6) is 0 Å².